The molecule has 4 rings (SSSR count). The molecule has 1 saturated heterocycles. The van der Waals surface area contributed by atoms with Crippen molar-refractivity contribution in [2.75, 3.05) is 11.2 Å². The van der Waals surface area contributed by atoms with Crippen LogP contribution in [0, 0.1) is 0 Å². The van der Waals surface area contributed by atoms with E-state index in [2.05, 4.69) is 9.97 Å². The van der Waals surface area contributed by atoms with Crippen molar-refractivity contribution >= 4 is 29.4 Å². The second-order valence-electron chi connectivity index (χ2n) is 5.33. The van der Waals surface area contributed by atoms with Crippen molar-refractivity contribution in [3.05, 3.63) is 42.0 Å². The number of thioether (sulfide) groups is 1. The molecule has 3 heterocycles. The van der Waals surface area contributed by atoms with Crippen molar-refractivity contribution < 1.29 is 9.59 Å². The van der Waals surface area contributed by atoms with Crippen LogP contribution in [0.2, 0.25) is 0 Å². The molecule has 3 amide bonds. The Kier molecular flexibility index (Phi) is 2.97. The summed E-state index contributed by atoms with van der Waals surface area (Å²) in [6.07, 6.45) is 4.10. The number of anilines is 1. The fourth-order valence-electron chi connectivity index (χ4n) is 3.00. The van der Waals surface area contributed by atoms with E-state index in [1.165, 1.54) is 4.90 Å². The predicted molar refractivity (Wildman–Crippen MR) is 82.7 cm³/mol. The summed E-state index contributed by atoms with van der Waals surface area (Å²) >= 11 is 1.62. The third kappa shape index (κ3) is 1.85. The van der Waals surface area contributed by atoms with E-state index in [1.54, 1.807) is 23.0 Å². The maximum absolute atomic E-state index is 12.7. The molecule has 1 N–H and O–H groups in total. The number of hydrogen-bond donors (Lipinski definition) is 1. The number of aromatic amines is 1. The Morgan fingerprint density at radius 2 is 2.05 bits per heavy atom. The molecule has 1 aromatic heterocycles. The number of H-pyrrole nitrogens is 1. The number of imidazole rings is 1. The molecule has 0 bridgehead atoms. The van der Waals surface area contributed by atoms with Gasteiger partial charge in [0.05, 0.1) is 24.3 Å². The number of benzene rings is 1. The molecule has 0 spiro atoms. The lowest BCUT2D eigenvalue weighted by molar-refractivity contribution is -0.120. The lowest BCUT2D eigenvalue weighted by atomic mass is 10.0. The van der Waals surface area contributed by atoms with Gasteiger partial charge in [0.1, 0.15) is 6.04 Å². The molecule has 7 heteroatoms. The summed E-state index contributed by atoms with van der Waals surface area (Å²) in [5.74, 6) is -0.165. The van der Waals surface area contributed by atoms with Gasteiger partial charge in [0.2, 0.25) is 0 Å². The first kappa shape index (κ1) is 13.4. The maximum Gasteiger partial charge on any atom is 0.332 e. The molecule has 112 valence electrons. The number of urea groups is 1. The molecule has 6 nitrogen and oxygen atoms in total. The molecule has 1 fully saturated rings. The average Bonchev–Trinajstić information content (AvgIpc) is 3.09. The van der Waals surface area contributed by atoms with Gasteiger partial charge >= 0.3 is 6.03 Å². The highest BCUT2D eigenvalue weighted by atomic mass is 32.2. The number of carbonyl (C=O) groups is 2. The van der Waals surface area contributed by atoms with Crippen molar-refractivity contribution in [3.8, 4) is 0 Å². The number of amides is 3. The van der Waals surface area contributed by atoms with Crippen LogP contribution in [0.5, 0.6) is 0 Å². The third-order valence-electron chi connectivity index (χ3n) is 4.17. The summed E-state index contributed by atoms with van der Waals surface area (Å²) in [4.78, 5) is 36.5. The lowest BCUT2D eigenvalue weighted by Crippen LogP contribution is -2.40. The van der Waals surface area contributed by atoms with Crippen molar-refractivity contribution in [1.29, 1.82) is 0 Å². The van der Waals surface area contributed by atoms with Crippen LogP contribution >= 0.6 is 11.8 Å². The minimum atomic E-state index is -0.430. The molecule has 2 aliphatic rings. The van der Waals surface area contributed by atoms with Gasteiger partial charge in [0, 0.05) is 17.0 Å². The largest absolute Gasteiger partial charge is 0.348 e. The molecule has 1 aromatic carbocycles. The van der Waals surface area contributed by atoms with E-state index < -0.39 is 6.04 Å². The predicted octanol–water partition coefficient (Wildman–Crippen LogP) is 2.03. The Labute approximate surface area is 131 Å². The van der Waals surface area contributed by atoms with Crippen molar-refractivity contribution in [2.24, 2.45) is 0 Å². The number of carbonyl (C=O) groups excluding carboxylic acids is 2. The second-order valence-corrected chi connectivity index (χ2v) is 6.21. The van der Waals surface area contributed by atoms with Gasteiger partial charge in [-0.15, -0.1) is 11.8 Å². The zero-order chi connectivity index (χ0) is 15.3. The SMILES string of the molecule is CSc1ccc(N2C(=O)C3Cc4[nH]cnc4CN3C2=O)cc1. The van der Waals surface area contributed by atoms with Gasteiger partial charge in [-0.3, -0.25) is 4.79 Å². The van der Waals surface area contributed by atoms with Crippen LogP contribution in [0.4, 0.5) is 10.5 Å². The normalized spacial score (nSPS) is 20.3. The summed E-state index contributed by atoms with van der Waals surface area (Å²) in [6, 6.07) is 6.78. The Hall–Kier alpha value is -2.28. The van der Waals surface area contributed by atoms with Crippen LogP contribution in [0.25, 0.3) is 0 Å². The van der Waals surface area contributed by atoms with Gasteiger partial charge in [-0.25, -0.2) is 14.7 Å². The molecule has 22 heavy (non-hydrogen) atoms. The van der Waals surface area contributed by atoms with Crippen LogP contribution < -0.4 is 4.90 Å². The molecule has 0 aliphatic carbocycles. The van der Waals surface area contributed by atoms with Gasteiger partial charge in [0.15, 0.2) is 0 Å². The number of imide groups is 1. The van der Waals surface area contributed by atoms with Gasteiger partial charge in [-0.1, -0.05) is 0 Å². The Balaban J connectivity index is 1.67. The monoisotopic (exact) mass is 314 g/mol. The summed E-state index contributed by atoms with van der Waals surface area (Å²) in [6.45, 7) is 0.382. The minimum Gasteiger partial charge on any atom is -0.348 e. The lowest BCUT2D eigenvalue weighted by Gasteiger charge is -2.25. The van der Waals surface area contributed by atoms with Crippen LogP contribution in [0.3, 0.4) is 0 Å². The number of hydrogen-bond acceptors (Lipinski definition) is 4. The van der Waals surface area contributed by atoms with Gasteiger partial charge in [-0.05, 0) is 30.5 Å². The zero-order valence-corrected chi connectivity index (χ0v) is 12.8. The smallest absolute Gasteiger partial charge is 0.332 e. The Bertz CT molecular complexity index is 717. The number of aromatic nitrogens is 2. The second kappa shape index (κ2) is 4.88. The van der Waals surface area contributed by atoms with Crippen molar-refractivity contribution in [1.82, 2.24) is 14.9 Å². The molecular formula is C15H14N4O2S. The highest BCUT2D eigenvalue weighted by Gasteiger charge is 2.48. The van der Waals surface area contributed by atoms with Crippen LogP contribution in [0.1, 0.15) is 11.4 Å². The molecule has 2 aromatic rings. The van der Waals surface area contributed by atoms with Gasteiger partial charge < -0.3 is 9.88 Å². The molecule has 0 saturated carbocycles. The minimum absolute atomic E-state index is 0.165. The highest BCUT2D eigenvalue weighted by molar-refractivity contribution is 7.98. The van der Waals surface area contributed by atoms with Crippen molar-refractivity contribution in [2.45, 2.75) is 23.9 Å². The first-order chi connectivity index (χ1) is 10.7. The average molecular weight is 314 g/mol. The third-order valence-corrected chi connectivity index (χ3v) is 4.92. The van der Waals surface area contributed by atoms with Gasteiger partial charge in [0.25, 0.3) is 5.91 Å². The van der Waals surface area contributed by atoms with E-state index in [1.807, 2.05) is 30.5 Å². The summed E-state index contributed by atoms with van der Waals surface area (Å²) in [7, 11) is 0. The van der Waals surface area contributed by atoms with Crippen LogP contribution in [-0.4, -0.2) is 39.1 Å². The Morgan fingerprint density at radius 1 is 1.27 bits per heavy atom. The number of rotatable bonds is 2. The topological polar surface area (TPSA) is 69.3 Å². The zero-order valence-electron chi connectivity index (χ0n) is 11.9. The van der Waals surface area contributed by atoms with Crippen molar-refractivity contribution in [3.63, 3.8) is 0 Å². The summed E-state index contributed by atoms with van der Waals surface area (Å²) in [5, 5.41) is 0. The molecule has 1 atom stereocenters. The van der Waals surface area contributed by atoms with E-state index in [0.717, 1.165) is 16.3 Å². The van der Waals surface area contributed by atoms with E-state index in [9.17, 15) is 9.59 Å². The Morgan fingerprint density at radius 3 is 2.77 bits per heavy atom. The fraction of sp³-hybridized carbons (Fsp3) is 0.267. The standard InChI is InChI=1S/C15H14N4O2S/c1-22-10-4-2-9(3-5-10)19-14(20)13-6-11-12(17-8-16-11)7-18(13)15(19)21/h2-5,8,13H,6-7H2,1H3,(H,16,17). The maximum atomic E-state index is 12.7. The summed E-state index contributed by atoms with van der Waals surface area (Å²) < 4.78 is 0. The molecule has 2 aliphatic heterocycles. The number of nitrogens with zero attached hydrogens (tertiary/aromatic N) is 3. The summed E-state index contributed by atoms with van der Waals surface area (Å²) in [5.41, 5.74) is 2.41. The van der Waals surface area contributed by atoms with E-state index >= 15 is 0 Å². The molecule has 1 unspecified atom stereocenters. The van der Waals surface area contributed by atoms with E-state index in [-0.39, 0.29) is 11.9 Å². The first-order valence-corrected chi connectivity index (χ1v) is 8.21. The van der Waals surface area contributed by atoms with Gasteiger partial charge in [-0.2, -0.15) is 0 Å². The van der Waals surface area contributed by atoms with Crippen LogP contribution in [-0.2, 0) is 17.8 Å². The quantitative estimate of drug-likeness (QED) is 0.680. The highest BCUT2D eigenvalue weighted by Crippen LogP contribution is 2.32. The van der Waals surface area contributed by atoms with E-state index in [0.29, 0.717) is 18.7 Å². The van der Waals surface area contributed by atoms with E-state index in [4.69, 9.17) is 0 Å². The number of fused-ring (bicyclic) bond motifs is 2. The fourth-order valence-corrected chi connectivity index (χ4v) is 3.41. The first-order valence-electron chi connectivity index (χ1n) is 6.99. The number of nitrogens with one attached hydrogen (secondary N) is 1. The van der Waals surface area contributed by atoms with Crippen LogP contribution in [0.15, 0.2) is 35.5 Å². The molecular weight excluding hydrogens is 300 g/mol. The molecule has 0 radical (unpaired) electrons.